The number of ether oxygens (including phenoxy) is 1. The predicted molar refractivity (Wildman–Crippen MR) is 147 cm³/mol. The first-order valence-corrected chi connectivity index (χ1v) is 15.6. The van der Waals surface area contributed by atoms with Gasteiger partial charge in [-0.25, -0.2) is 0 Å². The van der Waals surface area contributed by atoms with E-state index in [2.05, 4.69) is 47.6 Å². The molecule has 4 aliphatic carbocycles. The van der Waals surface area contributed by atoms with Crippen LogP contribution in [-0.4, -0.2) is 12.1 Å². The lowest BCUT2D eigenvalue weighted by Gasteiger charge is -2.58. The van der Waals surface area contributed by atoms with E-state index in [1.54, 1.807) is 5.57 Å². The van der Waals surface area contributed by atoms with Crippen LogP contribution in [0, 0.1) is 46.3 Å². The summed E-state index contributed by atoms with van der Waals surface area (Å²) in [6.07, 6.45) is 21.2. The second-order valence-electron chi connectivity index (χ2n) is 14.1. The van der Waals surface area contributed by atoms with Crippen molar-refractivity contribution in [3.63, 3.8) is 0 Å². The molecule has 0 N–H and O–H groups in total. The van der Waals surface area contributed by atoms with Gasteiger partial charge in [-0.1, -0.05) is 85.3 Å². The Bertz CT molecular complexity index is 752. The van der Waals surface area contributed by atoms with E-state index < -0.39 is 0 Å². The van der Waals surface area contributed by atoms with Crippen LogP contribution in [0.1, 0.15) is 138 Å². The number of hydrogen-bond acceptors (Lipinski definition) is 2. The second kappa shape index (κ2) is 11.3. The lowest BCUT2D eigenvalue weighted by Crippen LogP contribution is -2.51. The molecule has 0 unspecified atom stereocenters. The van der Waals surface area contributed by atoms with Gasteiger partial charge in [-0.15, -0.1) is 0 Å². The summed E-state index contributed by atoms with van der Waals surface area (Å²) < 4.78 is 5.96. The summed E-state index contributed by atoms with van der Waals surface area (Å²) in [6, 6.07) is 0. The first-order chi connectivity index (χ1) is 16.7. The molecule has 0 bridgehead atoms. The lowest BCUT2D eigenvalue weighted by molar-refractivity contribution is -0.151. The molecule has 0 saturated heterocycles. The van der Waals surface area contributed by atoms with E-state index in [0.717, 1.165) is 67.6 Å². The van der Waals surface area contributed by atoms with Gasteiger partial charge in [0.25, 0.3) is 0 Å². The van der Waals surface area contributed by atoms with Gasteiger partial charge in [0.1, 0.15) is 6.10 Å². The Morgan fingerprint density at radius 3 is 2.54 bits per heavy atom. The van der Waals surface area contributed by atoms with Crippen LogP contribution in [-0.2, 0) is 9.53 Å². The standard InChI is InChI=1S/C33H56O2/c1-7-8-9-13-31(34)35-26-18-20-32(5)25(22-26)14-15-27-29-17-16-28(24(4)12-10-11-23(2)3)33(29,6)21-19-30(27)32/h14,23-24,26-30H,7-13,15-22H2,1-6H3/t24-,26-,27+,28-,29+,30+,32+,33-/m1/s1. The number of carbonyl (C=O) groups excluding carboxylic acids is 1. The Morgan fingerprint density at radius 2 is 1.80 bits per heavy atom. The van der Waals surface area contributed by atoms with Gasteiger partial charge >= 0.3 is 5.97 Å². The first-order valence-electron chi connectivity index (χ1n) is 15.6. The minimum atomic E-state index is 0.0364. The van der Waals surface area contributed by atoms with Crippen LogP contribution >= 0.6 is 0 Å². The van der Waals surface area contributed by atoms with Gasteiger partial charge in [0.15, 0.2) is 0 Å². The highest BCUT2D eigenvalue weighted by molar-refractivity contribution is 5.69. The average molecular weight is 485 g/mol. The molecule has 0 aliphatic heterocycles. The van der Waals surface area contributed by atoms with Gasteiger partial charge in [-0.2, -0.15) is 0 Å². The molecule has 35 heavy (non-hydrogen) atoms. The van der Waals surface area contributed by atoms with Crippen molar-refractivity contribution in [2.45, 2.75) is 144 Å². The van der Waals surface area contributed by atoms with E-state index in [0.29, 0.717) is 17.3 Å². The molecule has 0 amide bonds. The Labute approximate surface area is 217 Å². The van der Waals surface area contributed by atoms with Crippen LogP contribution in [0.15, 0.2) is 11.6 Å². The monoisotopic (exact) mass is 484 g/mol. The third-order valence-corrected chi connectivity index (χ3v) is 11.5. The second-order valence-corrected chi connectivity index (χ2v) is 14.1. The molecule has 8 atom stereocenters. The smallest absolute Gasteiger partial charge is 0.306 e. The fourth-order valence-corrected chi connectivity index (χ4v) is 9.52. The Kier molecular flexibility index (Phi) is 8.80. The highest BCUT2D eigenvalue weighted by Crippen LogP contribution is 2.67. The highest BCUT2D eigenvalue weighted by atomic mass is 16.5. The summed E-state index contributed by atoms with van der Waals surface area (Å²) in [5.41, 5.74) is 2.54. The summed E-state index contributed by atoms with van der Waals surface area (Å²) in [5.74, 6) is 5.33. The van der Waals surface area contributed by atoms with Crippen LogP contribution in [0.3, 0.4) is 0 Å². The molecule has 0 aromatic heterocycles. The molecule has 4 rings (SSSR count). The zero-order valence-corrected chi connectivity index (χ0v) is 24.0. The predicted octanol–water partition coefficient (Wildman–Crippen LogP) is 9.52. The third kappa shape index (κ3) is 5.57. The van der Waals surface area contributed by atoms with Crippen molar-refractivity contribution in [1.29, 1.82) is 0 Å². The zero-order chi connectivity index (χ0) is 25.2. The topological polar surface area (TPSA) is 26.3 Å². The molecule has 3 saturated carbocycles. The van der Waals surface area contributed by atoms with Gasteiger partial charge in [0, 0.05) is 12.8 Å². The molecule has 2 nitrogen and oxygen atoms in total. The third-order valence-electron chi connectivity index (χ3n) is 11.5. The van der Waals surface area contributed by atoms with E-state index in [-0.39, 0.29) is 12.1 Å². The average Bonchev–Trinajstić information content (AvgIpc) is 3.16. The van der Waals surface area contributed by atoms with E-state index in [9.17, 15) is 4.79 Å². The number of carbonyl (C=O) groups is 1. The highest BCUT2D eigenvalue weighted by Gasteiger charge is 2.59. The summed E-state index contributed by atoms with van der Waals surface area (Å²) in [4.78, 5) is 12.4. The van der Waals surface area contributed by atoms with Crippen molar-refractivity contribution >= 4 is 5.97 Å². The maximum atomic E-state index is 12.4. The molecule has 3 fully saturated rings. The summed E-state index contributed by atoms with van der Waals surface area (Å²) in [5, 5.41) is 0. The molecule has 0 heterocycles. The summed E-state index contributed by atoms with van der Waals surface area (Å²) in [7, 11) is 0. The number of hydrogen-bond donors (Lipinski definition) is 0. The van der Waals surface area contributed by atoms with Crippen molar-refractivity contribution in [2.75, 3.05) is 0 Å². The van der Waals surface area contributed by atoms with E-state index >= 15 is 0 Å². The largest absolute Gasteiger partial charge is 0.462 e. The molecular formula is C33H56O2. The van der Waals surface area contributed by atoms with Crippen LogP contribution in [0.5, 0.6) is 0 Å². The van der Waals surface area contributed by atoms with Crippen LogP contribution < -0.4 is 0 Å². The zero-order valence-electron chi connectivity index (χ0n) is 24.0. The fraction of sp³-hybridized carbons (Fsp3) is 0.909. The van der Waals surface area contributed by atoms with Gasteiger partial charge < -0.3 is 4.74 Å². The summed E-state index contributed by atoms with van der Waals surface area (Å²) in [6.45, 7) is 14.8. The SMILES string of the molecule is CCCCCC(=O)O[C@@H]1CC[C@@]2(C)C(=CC[C@H]3[C@@H]4CC[C@H]([C@H](C)CCCC(C)C)[C@@]4(C)CC[C@@H]32)C1. The molecule has 0 aromatic carbocycles. The van der Waals surface area contributed by atoms with Crippen molar-refractivity contribution in [3.8, 4) is 0 Å². The molecule has 2 heteroatoms. The van der Waals surface area contributed by atoms with Gasteiger partial charge in [0.05, 0.1) is 0 Å². The van der Waals surface area contributed by atoms with Crippen LogP contribution in [0.25, 0.3) is 0 Å². The molecular weight excluding hydrogens is 428 g/mol. The van der Waals surface area contributed by atoms with E-state index in [4.69, 9.17) is 4.74 Å². The quantitative estimate of drug-likeness (QED) is 0.175. The minimum Gasteiger partial charge on any atom is -0.462 e. The number of fused-ring (bicyclic) bond motifs is 5. The Hall–Kier alpha value is -0.790. The number of allylic oxidation sites excluding steroid dienone is 1. The summed E-state index contributed by atoms with van der Waals surface area (Å²) >= 11 is 0. The van der Waals surface area contributed by atoms with Gasteiger partial charge in [-0.05, 0) is 97.7 Å². The maximum absolute atomic E-state index is 12.4. The normalized spacial score (nSPS) is 39.4. The number of unbranched alkanes of at least 4 members (excludes halogenated alkanes) is 2. The van der Waals surface area contributed by atoms with Crippen molar-refractivity contribution in [3.05, 3.63) is 11.6 Å². The first kappa shape index (κ1) is 27.3. The van der Waals surface area contributed by atoms with Crippen LogP contribution in [0.2, 0.25) is 0 Å². The maximum Gasteiger partial charge on any atom is 0.306 e. The number of esters is 1. The molecule has 200 valence electrons. The van der Waals surface area contributed by atoms with E-state index in [1.807, 2.05) is 0 Å². The van der Waals surface area contributed by atoms with Gasteiger partial charge in [-0.3, -0.25) is 4.79 Å². The molecule has 0 spiro atoms. The molecule has 0 radical (unpaired) electrons. The van der Waals surface area contributed by atoms with E-state index in [1.165, 1.54) is 57.8 Å². The molecule has 4 aliphatic rings. The number of rotatable bonds is 10. The van der Waals surface area contributed by atoms with Crippen molar-refractivity contribution in [2.24, 2.45) is 46.3 Å². The van der Waals surface area contributed by atoms with Crippen LogP contribution in [0.4, 0.5) is 0 Å². The van der Waals surface area contributed by atoms with Crippen molar-refractivity contribution < 1.29 is 9.53 Å². The fourth-order valence-electron chi connectivity index (χ4n) is 9.52. The lowest BCUT2D eigenvalue weighted by atomic mass is 9.47. The Morgan fingerprint density at radius 1 is 1.00 bits per heavy atom. The van der Waals surface area contributed by atoms with Gasteiger partial charge in [0.2, 0.25) is 0 Å². The Balaban J connectivity index is 1.39. The molecule has 0 aromatic rings. The minimum absolute atomic E-state index is 0.0364. The van der Waals surface area contributed by atoms with Crippen molar-refractivity contribution in [1.82, 2.24) is 0 Å².